The summed E-state index contributed by atoms with van der Waals surface area (Å²) in [5.74, 6) is 0.935. The highest BCUT2D eigenvalue weighted by atomic mass is 15.2. The Hall–Kier alpha value is -0.0800. The van der Waals surface area contributed by atoms with Gasteiger partial charge in [-0.3, -0.25) is 4.90 Å². The summed E-state index contributed by atoms with van der Waals surface area (Å²) in [5, 5.41) is 3.65. The van der Waals surface area contributed by atoms with E-state index < -0.39 is 0 Å². The molecule has 0 radical (unpaired) electrons. The van der Waals surface area contributed by atoms with Crippen molar-refractivity contribution in [2.45, 2.75) is 70.5 Å². The number of likely N-dealkylation sites (N-methyl/N-ethyl adjacent to an activating group) is 1. The highest BCUT2D eigenvalue weighted by molar-refractivity contribution is 4.85. The normalized spacial score (nSPS) is 33.0. The Bertz CT molecular complexity index is 213. The van der Waals surface area contributed by atoms with Crippen LogP contribution in [-0.2, 0) is 0 Å². The van der Waals surface area contributed by atoms with Gasteiger partial charge in [-0.2, -0.15) is 0 Å². The van der Waals surface area contributed by atoms with Gasteiger partial charge in [-0.25, -0.2) is 0 Å². The van der Waals surface area contributed by atoms with Crippen molar-refractivity contribution in [3.8, 4) is 0 Å². The van der Waals surface area contributed by atoms with E-state index in [1.165, 1.54) is 45.1 Å². The van der Waals surface area contributed by atoms with Crippen molar-refractivity contribution < 1.29 is 0 Å². The van der Waals surface area contributed by atoms with Gasteiger partial charge in [-0.1, -0.05) is 19.8 Å². The van der Waals surface area contributed by atoms with E-state index in [4.69, 9.17) is 0 Å². The van der Waals surface area contributed by atoms with Gasteiger partial charge in [0.1, 0.15) is 0 Å². The minimum atomic E-state index is 0.691. The molecule has 3 atom stereocenters. The third-order valence-electron chi connectivity index (χ3n) is 4.46. The Morgan fingerprint density at radius 3 is 2.62 bits per heavy atom. The summed E-state index contributed by atoms with van der Waals surface area (Å²) in [6.07, 6.45) is 8.49. The van der Waals surface area contributed by atoms with Gasteiger partial charge in [0.25, 0.3) is 0 Å². The van der Waals surface area contributed by atoms with Gasteiger partial charge < -0.3 is 5.32 Å². The molecule has 2 fully saturated rings. The highest BCUT2D eigenvalue weighted by Crippen LogP contribution is 2.27. The first-order chi connectivity index (χ1) is 7.66. The lowest BCUT2D eigenvalue weighted by atomic mass is 9.86. The van der Waals surface area contributed by atoms with Gasteiger partial charge in [-0.15, -0.1) is 0 Å². The second kappa shape index (κ2) is 5.50. The number of hydrogen-bond acceptors (Lipinski definition) is 2. The average molecular weight is 224 g/mol. The summed E-state index contributed by atoms with van der Waals surface area (Å²) in [5.41, 5.74) is 0. The number of nitrogens with one attached hydrogen (secondary N) is 1. The molecule has 1 N–H and O–H groups in total. The van der Waals surface area contributed by atoms with Crippen LogP contribution >= 0.6 is 0 Å². The Morgan fingerprint density at radius 1 is 1.25 bits per heavy atom. The van der Waals surface area contributed by atoms with Crippen LogP contribution in [0.3, 0.4) is 0 Å². The quantitative estimate of drug-likeness (QED) is 0.772. The van der Waals surface area contributed by atoms with Gasteiger partial charge >= 0.3 is 0 Å². The van der Waals surface area contributed by atoms with E-state index in [2.05, 4.69) is 31.1 Å². The van der Waals surface area contributed by atoms with Gasteiger partial charge in [0, 0.05) is 24.7 Å². The van der Waals surface area contributed by atoms with E-state index in [0.717, 1.165) is 18.0 Å². The Labute approximate surface area is 101 Å². The predicted octanol–water partition coefficient (Wildman–Crippen LogP) is 2.64. The van der Waals surface area contributed by atoms with Crippen molar-refractivity contribution in [2.24, 2.45) is 5.92 Å². The second-order valence-electron chi connectivity index (χ2n) is 6.12. The third kappa shape index (κ3) is 3.46. The number of hydrogen-bond donors (Lipinski definition) is 1. The maximum atomic E-state index is 3.65. The summed E-state index contributed by atoms with van der Waals surface area (Å²) in [4.78, 5) is 2.62. The SMILES string of the molecule is CC1CCCC(N(C)C(C)CNC2CC2)C1. The van der Waals surface area contributed by atoms with Gasteiger partial charge in [0.15, 0.2) is 0 Å². The molecule has 0 bridgehead atoms. The van der Waals surface area contributed by atoms with Crippen LogP contribution in [0, 0.1) is 5.92 Å². The molecule has 94 valence electrons. The highest BCUT2D eigenvalue weighted by Gasteiger charge is 2.26. The molecular formula is C14H28N2. The Balaban J connectivity index is 1.72. The van der Waals surface area contributed by atoms with E-state index in [1.807, 2.05) is 0 Å². The fourth-order valence-electron chi connectivity index (χ4n) is 2.90. The van der Waals surface area contributed by atoms with Crippen LogP contribution in [-0.4, -0.2) is 36.6 Å². The summed E-state index contributed by atoms with van der Waals surface area (Å²) in [6.45, 7) is 5.95. The van der Waals surface area contributed by atoms with Crippen molar-refractivity contribution in [2.75, 3.05) is 13.6 Å². The largest absolute Gasteiger partial charge is 0.312 e. The summed E-state index contributed by atoms with van der Waals surface area (Å²) >= 11 is 0. The fourth-order valence-corrected chi connectivity index (χ4v) is 2.90. The molecule has 0 spiro atoms. The molecule has 2 nitrogen and oxygen atoms in total. The van der Waals surface area contributed by atoms with Gasteiger partial charge in [0.2, 0.25) is 0 Å². The zero-order chi connectivity index (χ0) is 11.5. The summed E-state index contributed by atoms with van der Waals surface area (Å²) in [7, 11) is 2.32. The van der Waals surface area contributed by atoms with Crippen molar-refractivity contribution in [1.29, 1.82) is 0 Å². The topological polar surface area (TPSA) is 15.3 Å². The fraction of sp³-hybridized carbons (Fsp3) is 1.00. The van der Waals surface area contributed by atoms with Crippen LogP contribution < -0.4 is 5.32 Å². The zero-order valence-corrected chi connectivity index (χ0v) is 11.2. The van der Waals surface area contributed by atoms with Crippen LogP contribution in [0.1, 0.15) is 52.4 Å². The average Bonchev–Trinajstić information content (AvgIpc) is 3.08. The van der Waals surface area contributed by atoms with Gasteiger partial charge in [-0.05, 0) is 45.6 Å². The molecule has 2 saturated carbocycles. The van der Waals surface area contributed by atoms with E-state index in [9.17, 15) is 0 Å². The molecule has 0 aliphatic heterocycles. The van der Waals surface area contributed by atoms with E-state index in [1.54, 1.807) is 0 Å². The van der Waals surface area contributed by atoms with Crippen LogP contribution in [0.5, 0.6) is 0 Å². The molecule has 2 heteroatoms. The van der Waals surface area contributed by atoms with Gasteiger partial charge in [0.05, 0.1) is 0 Å². The molecule has 16 heavy (non-hydrogen) atoms. The molecule has 0 aromatic rings. The molecule has 0 saturated heterocycles. The standard InChI is InChI=1S/C14H28N2/c1-11-5-4-6-14(9-11)16(3)12(2)10-15-13-7-8-13/h11-15H,4-10H2,1-3H3. The molecule has 0 aromatic carbocycles. The maximum absolute atomic E-state index is 3.65. The zero-order valence-electron chi connectivity index (χ0n) is 11.2. The first-order valence-corrected chi connectivity index (χ1v) is 7.12. The molecule has 0 aromatic heterocycles. The van der Waals surface area contributed by atoms with Crippen LogP contribution in [0.15, 0.2) is 0 Å². The molecule has 3 unspecified atom stereocenters. The summed E-state index contributed by atoms with van der Waals surface area (Å²) < 4.78 is 0. The first-order valence-electron chi connectivity index (χ1n) is 7.12. The Kier molecular flexibility index (Phi) is 4.26. The molecule has 2 rings (SSSR count). The minimum Gasteiger partial charge on any atom is -0.312 e. The van der Waals surface area contributed by atoms with Crippen molar-refractivity contribution in [1.82, 2.24) is 10.2 Å². The minimum absolute atomic E-state index is 0.691. The first kappa shape index (κ1) is 12.4. The molecular weight excluding hydrogens is 196 g/mol. The Morgan fingerprint density at radius 2 is 2.00 bits per heavy atom. The lowest BCUT2D eigenvalue weighted by Crippen LogP contribution is -2.45. The van der Waals surface area contributed by atoms with Crippen LogP contribution in [0.4, 0.5) is 0 Å². The third-order valence-corrected chi connectivity index (χ3v) is 4.46. The number of rotatable bonds is 5. The second-order valence-corrected chi connectivity index (χ2v) is 6.12. The van der Waals surface area contributed by atoms with Crippen molar-refractivity contribution in [3.05, 3.63) is 0 Å². The molecule has 2 aliphatic rings. The molecule has 0 amide bonds. The van der Waals surface area contributed by atoms with Crippen LogP contribution in [0.2, 0.25) is 0 Å². The monoisotopic (exact) mass is 224 g/mol. The van der Waals surface area contributed by atoms with Crippen LogP contribution in [0.25, 0.3) is 0 Å². The predicted molar refractivity (Wildman–Crippen MR) is 69.7 cm³/mol. The lowest BCUT2D eigenvalue weighted by molar-refractivity contribution is 0.124. The molecule has 0 heterocycles. The molecule has 2 aliphatic carbocycles. The smallest absolute Gasteiger partial charge is 0.0192 e. The maximum Gasteiger partial charge on any atom is 0.0192 e. The summed E-state index contributed by atoms with van der Waals surface area (Å²) in [6, 6.07) is 2.37. The van der Waals surface area contributed by atoms with E-state index in [0.29, 0.717) is 6.04 Å². The lowest BCUT2D eigenvalue weighted by Gasteiger charge is -2.37. The van der Waals surface area contributed by atoms with Crippen molar-refractivity contribution in [3.63, 3.8) is 0 Å². The van der Waals surface area contributed by atoms with Crippen molar-refractivity contribution >= 4 is 0 Å². The van der Waals surface area contributed by atoms with E-state index >= 15 is 0 Å². The van der Waals surface area contributed by atoms with E-state index in [-0.39, 0.29) is 0 Å². The number of nitrogens with zero attached hydrogens (tertiary/aromatic N) is 1.